The predicted molar refractivity (Wildman–Crippen MR) is 85.0 cm³/mol. The van der Waals surface area contributed by atoms with E-state index < -0.39 is 0 Å². The predicted octanol–water partition coefficient (Wildman–Crippen LogP) is 1.76. The summed E-state index contributed by atoms with van der Waals surface area (Å²) in [6.45, 7) is 2.16. The molecule has 1 amide bonds. The topological polar surface area (TPSA) is 65.4 Å². The molecule has 0 aliphatic carbocycles. The van der Waals surface area contributed by atoms with Crippen molar-refractivity contribution in [3.05, 3.63) is 48.3 Å². The summed E-state index contributed by atoms with van der Waals surface area (Å²) >= 11 is 0. The van der Waals surface area contributed by atoms with E-state index in [0.29, 0.717) is 13.2 Å². The molecule has 6 nitrogen and oxygen atoms in total. The van der Waals surface area contributed by atoms with E-state index in [9.17, 15) is 4.79 Å². The first-order chi connectivity index (χ1) is 11.3. The molecule has 1 aliphatic rings. The number of hydrogen-bond acceptors (Lipinski definition) is 4. The van der Waals surface area contributed by atoms with Crippen LogP contribution >= 0.6 is 0 Å². The highest BCUT2D eigenvalue weighted by atomic mass is 16.5. The maximum absolute atomic E-state index is 11.8. The maximum atomic E-state index is 11.8. The highest BCUT2D eigenvalue weighted by molar-refractivity contribution is 5.75. The van der Waals surface area contributed by atoms with Crippen LogP contribution in [0.25, 0.3) is 0 Å². The van der Waals surface area contributed by atoms with Gasteiger partial charge in [0.2, 0.25) is 5.91 Å². The summed E-state index contributed by atoms with van der Waals surface area (Å²) in [5.74, 6) is 0.763. The monoisotopic (exact) mass is 315 g/mol. The van der Waals surface area contributed by atoms with Crippen LogP contribution in [0.15, 0.2) is 42.7 Å². The second kappa shape index (κ2) is 7.78. The van der Waals surface area contributed by atoms with Crippen molar-refractivity contribution < 1.29 is 14.3 Å². The Morgan fingerprint density at radius 3 is 2.96 bits per heavy atom. The number of aromatic nitrogens is 2. The Hall–Kier alpha value is -2.34. The third-order valence-corrected chi connectivity index (χ3v) is 3.74. The van der Waals surface area contributed by atoms with Crippen LogP contribution in [0.1, 0.15) is 18.4 Å². The van der Waals surface area contributed by atoms with Crippen molar-refractivity contribution >= 4 is 5.91 Å². The highest BCUT2D eigenvalue weighted by Crippen LogP contribution is 2.16. The lowest BCUT2D eigenvalue weighted by molar-refractivity contribution is -0.122. The van der Waals surface area contributed by atoms with Crippen LogP contribution in [0.2, 0.25) is 0 Å². The molecule has 3 rings (SSSR count). The molecule has 1 aromatic carbocycles. The fourth-order valence-electron chi connectivity index (χ4n) is 2.47. The van der Waals surface area contributed by atoms with E-state index in [1.54, 1.807) is 23.1 Å². The van der Waals surface area contributed by atoms with Crippen LogP contribution in [-0.2, 0) is 22.6 Å². The lowest BCUT2D eigenvalue weighted by atomic mass is 10.2. The van der Waals surface area contributed by atoms with Gasteiger partial charge in [0, 0.05) is 25.5 Å². The van der Waals surface area contributed by atoms with Gasteiger partial charge in [-0.05, 0) is 36.6 Å². The number of ether oxygens (including phenoxy) is 2. The SMILES string of the molecule is O=C(Cn1cccn1)NCc1ccc(OCC2CCCO2)cc1. The summed E-state index contributed by atoms with van der Waals surface area (Å²) < 4.78 is 12.8. The minimum Gasteiger partial charge on any atom is -0.491 e. The van der Waals surface area contributed by atoms with Gasteiger partial charge in [0.15, 0.2) is 0 Å². The zero-order valence-corrected chi connectivity index (χ0v) is 13.0. The largest absolute Gasteiger partial charge is 0.491 e. The van der Waals surface area contributed by atoms with Crippen molar-refractivity contribution in [2.75, 3.05) is 13.2 Å². The average molecular weight is 315 g/mol. The van der Waals surface area contributed by atoms with Crippen LogP contribution in [0.3, 0.4) is 0 Å². The Labute approximate surface area is 135 Å². The second-order valence-corrected chi connectivity index (χ2v) is 5.57. The summed E-state index contributed by atoms with van der Waals surface area (Å²) in [5, 5.41) is 6.88. The third-order valence-electron chi connectivity index (χ3n) is 3.74. The number of nitrogens with zero attached hydrogens (tertiary/aromatic N) is 2. The number of benzene rings is 1. The lowest BCUT2D eigenvalue weighted by Crippen LogP contribution is -2.27. The molecule has 0 radical (unpaired) electrons. The average Bonchev–Trinajstić information content (AvgIpc) is 3.25. The molecule has 0 saturated carbocycles. The van der Waals surface area contributed by atoms with E-state index in [2.05, 4.69) is 10.4 Å². The standard InChI is InChI=1S/C17H21N3O3/c21-17(12-20-9-2-8-19-20)18-11-14-4-6-15(7-5-14)23-13-16-3-1-10-22-16/h2,4-9,16H,1,3,10-13H2,(H,18,21). The van der Waals surface area contributed by atoms with Gasteiger partial charge in [0.25, 0.3) is 0 Å². The van der Waals surface area contributed by atoms with E-state index in [-0.39, 0.29) is 18.6 Å². The molecule has 2 heterocycles. The summed E-state index contributed by atoms with van der Waals surface area (Å²) in [4.78, 5) is 11.8. The Morgan fingerprint density at radius 2 is 2.26 bits per heavy atom. The zero-order chi connectivity index (χ0) is 15.9. The molecule has 1 aliphatic heterocycles. The number of amides is 1. The van der Waals surface area contributed by atoms with Crippen molar-refractivity contribution in [3.63, 3.8) is 0 Å². The van der Waals surface area contributed by atoms with Crippen molar-refractivity contribution in [1.82, 2.24) is 15.1 Å². The lowest BCUT2D eigenvalue weighted by Gasteiger charge is -2.12. The molecular weight excluding hydrogens is 294 g/mol. The van der Waals surface area contributed by atoms with Gasteiger partial charge in [-0.1, -0.05) is 12.1 Å². The number of carbonyl (C=O) groups excluding carboxylic acids is 1. The molecule has 1 N–H and O–H groups in total. The molecule has 2 aromatic rings. The quantitative estimate of drug-likeness (QED) is 0.845. The number of rotatable bonds is 7. The molecule has 6 heteroatoms. The first-order valence-corrected chi connectivity index (χ1v) is 7.87. The van der Waals surface area contributed by atoms with Gasteiger partial charge in [-0.3, -0.25) is 9.48 Å². The fourth-order valence-corrected chi connectivity index (χ4v) is 2.47. The van der Waals surface area contributed by atoms with E-state index in [4.69, 9.17) is 9.47 Å². The van der Waals surface area contributed by atoms with Gasteiger partial charge in [-0.15, -0.1) is 0 Å². The molecule has 1 unspecified atom stereocenters. The Bertz CT molecular complexity index is 605. The minimum atomic E-state index is -0.0626. The van der Waals surface area contributed by atoms with Crippen LogP contribution in [0, 0.1) is 0 Å². The fraction of sp³-hybridized carbons (Fsp3) is 0.412. The summed E-state index contributed by atoms with van der Waals surface area (Å²) in [6.07, 6.45) is 5.82. The molecule has 1 atom stereocenters. The minimum absolute atomic E-state index is 0.0626. The van der Waals surface area contributed by atoms with Crippen molar-refractivity contribution in [1.29, 1.82) is 0 Å². The zero-order valence-electron chi connectivity index (χ0n) is 13.0. The first-order valence-electron chi connectivity index (χ1n) is 7.87. The van der Waals surface area contributed by atoms with E-state index in [1.165, 1.54) is 0 Å². The normalized spacial score (nSPS) is 17.1. The molecule has 1 fully saturated rings. The molecule has 1 aromatic heterocycles. The summed E-state index contributed by atoms with van der Waals surface area (Å²) in [5.41, 5.74) is 1.03. The van der Waals surface area contributed by atoms with Gasteiger partial charge in [-0.2, -0.15) is 5.10 Å². The van der Waals surface area contributed by atoms with Crippen molar-refractivity contribution in [3.8, 4) is 5.75 Å². The van der Waals surface area contributed by atoms with Crippen molar-refractivity contribution in [2.24, 2.45) is 0 Å². The number of hydrogen-bond donors (Lipinski definition) is 1. The highest BCUT2D eigenvalue weighted by Gasteiger charge is 2.15. The van der Waals surface area contributed by atoms with Gasteiger partial charge in [0.05, 0.1) is 6.10 Å². The van der Waals surface area contributed by atoms with Gasteiger partial charge in [0.1, 0.15) is 18.9 Å². The van der Waals surface area contributed by atoms with Gasteiger partial charge in [-0.25, -0.2) is 0 Å². The van der Waals surface area contributed by atoms with E-state index >= 15 is 0 Å². The number of nitrogens with one attached hydrogen (secondary N) is 1. The number of carbonyl (C=O) groups is 1. The van der Waals surface area contributed by atoms with Crippen LogP contribution < -0.4 is 10.1 Å². The second-order valence-electron chi connectivity index (χ2n) is 5.57. The summed E-state index contributed by atoms with van der Waals surface area (Å²) in [6, 6.07) is 9.55. The first kappa shape index (κ1) is 15.6. The Balaban J connectivity index is 1.41. The molecule has 0 spiro atoms. The van der Waals surface area contributed by atoms with E-state index in [1.807, 2.05) is 24.3 Å². The van der Waals surface area contributed by atoms with Crippen LogP contribution in [0.4, 0.5) is 0 Å². The van der Waals surface area contributed by atoms with Crippen molar-refractivity contribution in [2.45, 2.75) is 32.0 Å². The third kappa shape index (κ3) is 4.82. The van der Waals surface area contributed by atoms with Crippen LogP contribution in [0.5, 0.6) is 5.75 Å². The summed E-state index contributed by atoms with van der Waals surface area (Å²) in [7, 11) is 0. The Morgan fingerprint density at radius 1 is 1.39 bits per heavy atom. The molecule has 1 saturated heterocycles. The van der Waals surface area contributed by atoms with Gasteiger partial charge < -0.3 is 14.8 Å². The molecule has 122 valence electrons. The maximum Gasteiger partial charge on any atom is 0.241 e. The molecular formula is C17H21N3O3. The van der Waals surface area contributed by atoms with E-state index in [0.717, 1.165) is 30.8 Å². The molecule has 23 heavy (non-hydrogen) atoms. The Kier molecular flexibility index (Phi) is 5.26. The smallest absolute Gasteiger partial charge is 0.241 e. The molecule has 0 bridgehead atoms. The van der Waals surface area contributed by atoms with Crippen LogP contribution in [-0.4, -0.2) is 35.0 Å². The van der Waals surface area contributed by atoms with Gasteiger partial charge >= 0.3 is 0 Å².